The molecule has 0 radical (unpaired) electrons. The van der Waals surface area contributed by atoms with Crippen molar-refractivity contribution in [3.8, 4) is 0 Å². The van der Waals surface area contributed by atoms with Gasteiger partial charge in [-0.15, -0.1) is 0 Å². The molecule has 0 bridgehead atoms. The molecular formula is C19H22N2S. The summed E-state index contributed by atoms with van der Waals surface area (Å²) in [6.45, 7) is 4.77. The second kappa shape index (κ2) is 5.98. The van der Waals surface area contributed by atoms with Gasteiger partial charge in [0.15, 0.2) is 0 Å². The summed E-state index contributed by atoms with van der Waals surface area (Å²) in [5.74, 6) is 0. The third-order valence-corrected chi connectivity index (χ3v) is 5.83. The van der Waals surface area contributed by atoms with Crippen LogP contribution in [-0.2, 0) is 0 Å². The molecule has 2 nitrogen and oxygen atoms in total. The monoisotopic (exact) mass is 310 g/mol. The molecule has 2 aromatic rings. The molecule has 0 aromatic heterocycles. The summed E-state index contributed by atoms with van der Waals surface area (Å²) in [5.41, 5.74) is 2.73. The number of anilines is 2. The van der Waals surface area contributed by atoms with E-state index < -0.39 is 0 Å². The normalized spacial score (nSPS) is 18.9. The van der Waals surface area contributed by atoms with Crippen molar-refractivity contribution >= 4 is 23.1 Å². The third-order valence-electron chi connectivity index (χ3n) is 4.69. The lowest BCUT2D eigenvalue weighted by molar-refractivity contribution is 0.239. The summed E-state index contributed by atoms with van der Waals surface area (Å²) in [5, 5.41) is 0. The Bertz CT molecular complexity index is 618. The molecule has 3 heteroatoms. The smallest absolute Gasteiger partial charge is 0.0868 e. The topological polar surface area (TPSA) is 6.48 Å². The van der Waals surface area contributed by atoms with E-state index in [9.17, 15) is 0 Å². The number of para-hydroxylation sites is 2. The molecule has 0 saturated carbocycles. The summed E-state index contributed by atoms with van der Waals surface area (Å²) in [4.78, 5) is 7.98. The van der Waals surface area contributed by atoms with Gasteiger partial charge in [-0.25, -0.2) is 0 Å². The molecule has 0 N–H and O–H groups in total. The van der Waals surface area contributed by atoms with Crippen molar-refractivity contribution < 1.29 is 0 Å². The van der Waals surface area contributed by atoms with Gasteiger partial charge >= 0.3 is 0 Å². The first kappa shape index (κ1) is 14.2. The highest BCUT2D eigenvalue weighted by atomic mass is 32.2. The van der Waals surface area contributed by atoms with Gasteiger partial charge in [0.05, 0.1) is 17.5 Å². The average molecular weight is 310 g/mol. The van der Waals surface area contributed by atoms with Crippen molar-refractivity contribution in [2.75, 3.05) is 18.0 Å². The summed E-state index contributed by atoms with van der Waals surface area (Å²) in [7, 11) is 0. The quantitative estimate of drug-likeness (QED) is 0.777. The lowest BCUT2D eigenvalue weighted by Crippen LogP contribution is -2.45. The van der Waals surface area contributed by atoms with Gasteiger partial charge in [-0.2, -0.15) is 0 Å². The van der Waals surface area contributed by atoms with Gasteiger partial charge in [0.2, 0.25) is 0 Å². The highest BCUT2D eigenvalue weighted by Gasteiger charge is 2.32. The minimum atomic E-state index is 0.464. The first-order valence-corrected chi connectivity index (χ1v) is 9.09. The largest absolute Gasteiger partial charge is 0.323 e. The number of rotatable bonds is 3. The molecule has 0 amide bonds. The lowest BCUT2D eigenvalue weighted by Gasteiger charge is -2.42. The minimum absolute atomic E-state index is 0.464. The van der Waals surface area contributed by atoms with Crippen LogP contribution in [0.3, 0.4) is 0 Å². The van der Waals surface area contributed by atoms with Gasteiger partial charge < -0.3 is 4.90 Å². The number of hydrogen-bond acceptors (Lipinski definition) is 3. The van der Waals surface area contributed by atoms with Crippen LogP contribution in [-0.4, -0.2) is 24.2 Å². The van der Waals surface area contributed by atoms with Crippen molar-refractivity contribution in [1.29, 1.82) is 0 Å². The van der Waals surface area contributed by atoms with Crippen LogP contribution in [0, 0.1) is 0 Å². The highest BCUT2D eigenvalue weighted by Crippen LogP contribution is 2.49. The van der Waals surface area contributed by atoms with Crippen molar-refractivity contribution in [3.63, 3.8) is 0 Å². The minimum Gasteiger partial charge on any atom is -0.323 e. The second-order valence-electron chi connectivity index (χ2n) is 6.04. The molecule has 22 heavy (non-hydrogen) atoms. The predicted molar refractivity (Wildman–Crippen MR) is 94.0 cm³/mol. The van der Waals surface area contributed by atoms with Gasteiger partial charge in [0, 0.05) is 22.9 Å². The van der Waals surface area contributed by atoms with Crippen LogP contribution in [0.2, 0.25) is 0 Å². The van der Waals surface area contributed by atoms with Crippen LogP contribution in [0.4, 0.5) is 11.4 Å². The van der Waals surface area contributed by atoms with E-state index in [1.807, 2.05) is 11.8 Å². The SMILES string of the molecule is CCC(N1CCCC1)N1c2ccccc2Sc2ccccc21. The molecule has 2 heterocycles. The van der Waals surface area contributed by atoms with E-state index in [1.165, 1.54) is 47.1 Å². The summed E-state index contributed by atoms with van der Waals surface area (Å²) in [6, 6.07) is 17.7. The van der Waals surface area contributed by atoms with Crippen LogP contribution in [0.25, 0.3) is 0 Å². The van der Waals surface area contributed by atoms with Crippen LogP contribution < -0.4 is 4.90 Å². The van der Waals surface area contributed by atoms with Crippen molar-refractivity contribution in [3.05, 3.63) is 48.5 Å². The lowest BCUT2D eigenvalue weighted by atomic mass is 10.1. The first-order valence-electron chi connectivity index (χ1n) is 8.27. The maximum Gasteiger partial charge on any atom is 0.0868 e. The van der Waals surface area contributed by atoms with E-state index in [0.717, 1.165) is 6.42 Å². The Morgan fingerprint density at radius 2 is 1.45 bits per heavy atom. The van der Waals surface area contributed by atoms with Crippen molar-refractivity contribution in [2.45, 2.75) is 42.1 Å². The van der Waals surface area contributed by atoms with Gasteiger partial charge in [0.1, 0.15) is 0 Å². The number of hydrogen-bond donors (Lipinski definition) is 0. The van der Waals surface area contributed by atoms with Crippen LogP contribution >= 0.6 is 11.8 Å². The molecule has 1 saturated heterocycles. The van der Waals surface area contributed by atoms with E-state index >= 15 is 0 Å². The van der Waals surface area contributed by atoms with Crippen molar-refractivity contribution in [1.82, 2.24) is 4.90 Å². The maximum atomic E-state index is 2.66. The van der Waals surface area contributed by atoms with E-state index in [0.29, 0.717) is 6.17 Å². The Morgan fingerprint density at radius 1 is 0.909 bits per heavy atom. The molecule has 1 unspecified atom stereocenters. The van der Waals surface area contributed by atoms with Crippen LogP contribution in [0.1, 0.15) is 26.2 Å². The Morgan fingerprint density at radius 3 is 2.00 bits per heavy atom. The second-order valence-corrected chi connectivity index (χ2v) is 7.12. The molecule has 4 rings (SSSR count). The van der Waals surface area contributed by atoms with E-state index in [-0.39, 0.29) is 0 Å². The van der Waals surface area contributed by atoms with E-state index in [1.54, 1.807) is 0 Å². The first-order chi connectivity index (χ1) is 10.9. The number of benzene rings is 2. The Hall–Kier alpha value is -1.45. The molecule has 0 spiro atoms. The molecule has 2 aliphatic heterocycles. The molecule has 2 aromatic carbocycles. The Kier molecular flexibility index (Phi) is 3.85. The molecule has 2 aliphatic rings. The summed E-state index contributed by atoms with van der Waals surface area (Å²) in [6.07, 6.45) is 4.28. The van der Waals surface area contributed by atoms with Gasteiger partial charge in [0.25, 0.3) is 0 Å². The van der Waals surface area contributed by atoms with Crippen molar-refractivity contribution in [2.24, 2.45) is 0 Å². The zero-order valence-corrected chi connectivity index (χ0v) is 13.9. The molecular weight excluding hydrogens is 288 g/mol. The number of likely N-dealkylation sites (tertiary alicyclic amines) is 1. The van der Waals surface area contributed by atoms with Crippen LogP contribution in [0.15, 0.2) is 58.3 Å². The van der Waals surface area contributed by atoms with Gasteiger partial charge in [-0.3, -0.25) is 4.90 Å². The standard InChI is InChI=1S/C19H22N2S/c1-2-19(20-13-7-8-14-20)21-15-9-3-5-11-17(15)22-18-12-6-4-10-16(18)21/h3-6,9-12,19H,2,7-8,13-14H2,1H3. The highest BCUT2D eigenvalue weighted by molar-refractivity contribution is 7.99. The summed E-state index contributed by atoms with van der Waals surface area (Å²) < 4.78 is 0. The number of fused-ring (bicyclic) bond motifs is 2. The fourth-order valence-electron chi connectivity index (χ4n) is 3.70. The zero-order chi connectivity index (χ0) is 14.9. The van der Waals surface area contributed by atoms with Crippen LogP contribution in [0.5, 0.6) is 0 Å². The third kappa shape index (κ3) is 2.33. The number of nitrogens with zero attached hydrogens (tertiary/aromatic N) is 2. The summed E-state index contributed by atoms with van der Waals surface area (Å²) >= 11 is 1.90. The zero-order valence-electron chi connectivity index (χ0n) is 13.0. The Balaban J connectivity index is 1.82. The average Bonchev–Trinajstić information content (AvgIpc) is 3.09. The fourth-order valence-corrected chi connectivity index (χ4v) is 4.77. The molecule has 0 aliphatic carbocycles. The van der Waals surface area contributed by atoms with Gasteiger partial charge in [-0.1, -0.05) is 43.0 Å². The van der Waals surface area contributed by atoms with Gasteiger partial charge in [-0.05, 0) is 43.5 Å². The predicted octanol–water partition coefficient (Wildman–Crippen LogP) is 5.12. The van der Waals surface area contributed by atoms with E-state index in [4.69, 9.17) is 0 Å². The maximum absolute atomic E-state index is 2.66. The fraction of sp³-hybridized carbons (Fsp3) is 0.368. The van der Waals surface area contributed by atoms with E-state index in [2.05, 4.69) is 65.3 Å². The molecule has 1 fully saturated rings. The molecule has 1 atom stereocenters. The molecule has 114 valence electrons. The Labute approximate surface area is 137 Å².